The van der Waals surface area contributed by atoms with Crippen molar-refractivity contribution >= 4 is 57.2 Å². The van der Waals surface area contributed by atoms with Gasteiger partial charge >= 0.3 is 0 Å². The predicted octanol–water partition coefficient (Wildman–Crippen LogP) is 3.64. The van der Waals surface area contributed by atoms with E-state index in [4.69, 9.17) is 9.84 Å². The Morgan fingerprint density at radius 2 is 1.64 bits per heavy atom. The number of ether oxygens (including phenoxy) is 1. The van der Waals surface area contributed by atoms with E-state index in [-0.39, 0.29) is 43.2 Å². The van der Waals surface area contributed by atoms with Gasteiger partial charge in [-0.1, -0.05) is 0 Å². The minimum absolute atomic E-state index is 0.189. The van der Waals surface area contributed by atoms with Crippen LogP contribution in [0.4, 0.5) is 17.1 Å². The van der Waals surface area contributed by atoms with Crippen molar-refractivity contribution < 1.29 is 29.0 Å². The number of hydrogen-bond donors (Lipinski definition) is 4. The second-order valence-electron chi connectivity index (χ2n) is 16.9. The van der Waals surface area contributed by atoms with Crippen LogP contribution in [-0.2, 0) is 9.59 Å². The highest BCUT2D eigenvalue weighted by Crippen LogP contribution is 2.36. The summed E-state index contributed by atoms with van der Waals surface area (Å²) in [5.74, 6) is -0.193. The Kier molecular flexibility index (Phi) is 11.6. The number of nitrogens with zero attached hydrogens (tertiary/aromatic N) is 8. The average molecular weight is 832 g/mol. The molecule has 2 aromatic carbocycles. The Bertz CT molecular complexity index is 2420. The SMILES string of the molecule is COc1cc(N2CCC(CN3CCC(n4cc5cc(NC(=O)c6ccc7nccn7n6)c(N6CCC(CO)CC6)cc5n4)CC3)CC2)ccc1C(=O)NC1CCC(=O)NC1=O. The largest absolute Gasteiger partial charge is 0.496 e. The summed E-state index contributed by atoms with van der Waals surface area (Å²) in [5, 5.41) is 28.5. The molecular formula is C44H53N11O6. The minimum atomic E-state index is -0.753. The molecule has 17 heteroatoms. The van der Waals surface area contributed by atoms with E-state index in [2.05, 4.69) is 57.7 Å². The van der Waals surface area contributed by atoms with Gasteiger partial charge in [-0.05, 0) is 93.2 Å². The third kappa shape index (κ3) is 8.75. The van der Waals surface area contributed by atoms with Crippen molar-refractivity contribution in [2.45, 2.75) is 63.5 Å². The van der Waals surface area contributed by atoms with Gasteiger partial charge < -0.3 is 35.2 Å². The molecule has 4 aliphatic rings. The summed E-state index contributed by atoms with van der Waals surface area (Å²) in [6.07, 6.45) is 11.9. The first-order valence-corrected chi connectivity index (χ1v) is 21.5. The Hall–Kier alpha value is -6.07. The molecule has 4 aliphatic heterocycles. The molecule has 1 unspecified atom stereocenters. The number of imide groups is 1. The van der Waals surface area contributed by atoms with E-state index in [1.54, 1.807) is 35.1 Å². The zero-order valence-electron chi connectivity index (χ0n) is 34.5. The normalized spacial score (nSPS) is 20.0. The number of hydrogen-bond acceptors (Lipinski definition) is 12. The molecular weight excluding hydrogens is 779 g/mol. The van der Waals surface area contributed by atoms with Gasteiger partial charge in [-0.25, -0.2) is 9.50 Å². The highest BCUT2D eigenvalue weighted by Gasteiger charge is 2.31. The van der Waals surface area contributed by atoms with Crippen molar-refractivity contribution in [1.82, 2.24) is 39.9 Å². The molecule has 17 nitrogen and oxygen atoms in total. The minimum Gasteiger partial charge on any atom is -0.496 e. The van der Waals surface area contributed by atoms with Gasteiger partial charge in [-0.3, -0.25) is 29.2 Å². The molecule has 9 rings (SSSR count). The average Bonchev–Trinajstić information content (AvgIpc) is 3.94. The van der Waals surface area contributed by atoms with E-state index in [1.165, 1.54) is 7.11 Å². The van der Waals surface area contributed by atoms with Crippen LogP contribution >= 0.6 is 0 Å². The van der Waals surface area contributed by atoms with Gasteiger partial charge in [0.05, 0.1) is 35.6 Å². The number of amides is 4. The molecule has 0 spiro atoms. The second-order valence-corrected chi connectivity index (χ2v) is 16.9. The van der Waals surface area contributed by atoms with Crippen molar-refractivity contribution in [2.24, 2.45) is 11.8 Å². The molecule has 4 amide bonds. The number of nitrogens with one attached hydrogen (secondary N) is 3. The number of imidazole rings is 1. The number of fused-ring (bicyclic) bond motifs is 2. The maximum atomic E-state index is 13.6. The van der Waals surface area contributed by atoms with E-state index < -0.39 is 17.9 Å². The summed E-state index contributed by atoms with van der Waals surface area (Å²) in [6.45, 7) is 6.64. The van der Waals surface area contributed by atoms with E-state index in [0.29, 0.717) is 28.6 Å². The highest BCUT2D eigenvalue weighted by molar-refractivity contribution is 6.07. The van der Waals surface area contributed by atoms with Crippen molar-refractivity contribution in [3.05, 3.63) is 72.3 Å². The van der Waals surface area contributed by atoms with Crippen LogP contribution in [0.3, 0.4) is 0 Å². The Balaban J connectivity index is 0.803. The number of carbonyl (C=O) groups is 4. The molecule has 320 valence electrons. The molecule has 7 heterocycles. The zero-order chi connectivity index (χ0) is 42.0. The van der Waals surface area contributed by atoms with Gasteiger partial charge in [0.2, 0.25) is 11.8 Å². The topological polar surface area (TPSA) is 192 Å². The smallest absolute Gasteiger partial charge is 0.276 e. The van der Waals surface area contributed by atoms with Crippen molar-refractivity contribution in [3.8, 4) is 5.75 Å². The third-order valence-corrected chi connectivity index (χ3v) is 13.0. The summed E-state index contributed by atoms with van der Waals surface area (Å²) in [5.41, 5.74) is 4.87. The number of aliphatic hydroxyl groups is 1. The molecule has 4 N–H and O–H groups in total. The molecule has 4 saturated heterocycles. The maximum absolute atomic E-state index is 13.6. The number of methoxy groups -OCH3 is 1. The highest BCUT2D eigenvalue weighted by atomic mass is 16.5. The number of benzene rings is 2. The molecule has 1 atom stereocenters. The Labute approximate surface area is 353 Å². The van der Waals surface area contributed by atoms with Gasteiger partial charge in [0.1, 0.15) is 17.5 Å². The van der Waals surface area contributed by atoms with Gasteiger partial charge in [0, 0.05) is 94.6 Å². The van der Waals surface area contributed by atoms with Crippen molar-refractivity contribution in [2.75, 3.05) is 74.6 Å². The predicted molar refractivity (Wildman–Crippen MR) is 229 cm³/mol. The monoisotopic (exact) mass is 831 g/mol. The summed E-state index contributed by atoms with van der Waals surface area (Å²) < 4.78 is 9.33. The third-order valence-electron chi connectivity index (χ3n) is 13.0. The Morgan fingerprint density at radius 3 is 2.39 bits per heavy atom. The zero-order valence-corrected chi connectivity index (χ0v) is 34.5. The first-order valence-electron chi connectivity index (χ1n) is 21.5. The molecule has 0 saturated carbocycles. The first-order chi connectivity index (χ1) is 29.7. The molecule has 3 aromatic heterocycles. The molecule has 4 fully saturated rings. The van der Waals surface area contributed by atoms with Crippen LogP contribution in [0, 0.1) is 11.8 Å². The number of likely N-dealkylation sites (tertiary alicyclic amines) is 1. The number of anilines is 3. The van der Waals surface area contributed by atoms with Crippen LogP contribution in [0.1, 0.15) is 78.3 Å². The fourth-order valence-electron chi connectivity index (χ4n) is 9.34. The lowest BCUT2D eigenvalue weighted by Gasteiger charge is -2.38. The maximum Gasteiger partial charge on any atom is 0.276 e. The van der Waals surface area contributed by atoms with Crippen LogP contribution in [-0.4, -0.2) is 124 Å². The van der Waals surface area contributed by atoms with Crippen LogP contribution in [0.15, 0.2) is 61.1 Å². The summed E-state index contributed by atoms with van der Waals surface area (Å²) in [4.78, 5) is 61.8. The molecule has 0 aliphatic carbocycles. The van der Waals surface area contributed by atoms with E-state index in [9.17, 15) is 24.3 Å². The van der Waals surface area contributed by atoms with Crippen LogP contribution < -0.4 is 30.5 Å². The number of aliphatic hydroxyl groups excluding tert-OH is 1. The van der Waals surface area contributed by atoms with Gasteiger partial charge in [0.25, 0.3) is 11.8 Å². The van der Waals surface area contributed by atoms with E-state index in [1.807, 2.05) is 18.2 Å². The summed E-state index contributed by atoms with van der Waals surface area (Å²) in [7, 11) is 1.54. The van der Waals surface area contributed by atoms with E-state index in [0.717, 1.165) is 112 Å². The number of aromatic nitrogens is 5. The molecule has 61 heavy (non-hydrogen) atoms. The van der Waals surface area contributed by atoms with Gasteiger partial charge in [-0.2, -0.15) is 10.2 Å². The second kappa shape index (κ2) is 17.5. The number of piperidine rings is 4. The lowest BCUT2D eigenvalue weighted by molar-refractivity contribution is -0.134. The summed E-state index contributed by atoms with van der Waals surface area (Å²) >= 11 is 0. The standard InChI is InChI=1S/C44H53N11O6/c1-61-39-23-32(2-3-33(39)42(58)46-34-5-7-41(57)48-43(34)59)52-17-8-28(9-18-52)25-51-15-12-31(13-16-51)55-26-30-22-37(47-44(60)35-4-6-40-45-14-21-54(40)49-35)38(24-36(30)50-55)53-19-10-29(27-56)11-20-53/h2-4,6,14,21-24,26,28-29,31,34,56H,5,7-13,15-20,25,27H2,1H3,(H,46,58)(H,47,60)(H,48,57,59). The lowest BCUT2D eigenvalue weighted by Crippen LogP contribution is -2.52. The first kappa shape index (κ1) is 40.3. The van der Waals surface area contributed by atoms with Crippen LogP contribution in [0.5, 0.6) is 5.75 Å². The molecule has 5 aromatic rings. The van der Waals surface area contributed by atoms with Gasteiger partial charge in [0.15, 0.2) is 5.65 Å². The van der Waals surface area contributed by atoms with Crippen LogP contribution in [0.2, 0.25) is 0 Å². The fraction of sp³-hybridized carbons (Fsp3) is 0.477. The molecule has 0 radical (unpaired) electrons. The fourth-order valence-corrected chi connectivity index (χ4v) is 9.34. The number of carbonyl (C=O) groups excluding carboxylic acids is 4. The van der Waals surface area contributed by atoms with E-state index >= 15 is 0 Å². The quantitative estimate of drug-likeness (QED) is 0.142. The van der Waals surface area contributed by atoms with Crippen LogP contribution in [0.25, 0.3) is 16.6 Å². The molecule has 0 bridgehead atoms. The van der Waals surface area contributed by atoms with Crippen molar-refractivity contribution in [3.63, 3.8) is 0 Å². The van der Waals surface area contributed by atoms with Gasteiger partial charge in [-0.15, -0.1) is 0 Å². The Morgan fingerprint density at radius 1 is 0.869 bits per heavy atom. The summed E-state index contributed by atoms with van der Waals surface area (Å²) in [6, 6.07) is 12.7. The lowest BCUT2D eigenvalue weighted by atomic mass is 9.94. The van der Waals surface area contributed by atoms with Crippen molar-refractivity contribution in [1.29, 1.82) is 0 Å². The number of rotatable bonds is 11.